The van der Waals surface area contributed by atoms with Crippen molar-refractivity contribution in [2.45, 2.75) is 12.8 Å². The second-order valence-corrected chi connectivity index (χ2v) is 5.12. The fourth-order valence-corrected chi connectivity index (χ4v) is 2.51. The monoisotopic (exact) mass is 277 g/mol. The summed E-state index contributed by atoms with van der Waals surface area (Å²) in [6.07, 6.45) is 7.98. The lowest BCUT2D eigenvalue weighted by Crippen LogP contribution is -2.41. The third-order valence-electron chi connectivity index (χ3n) is 3.47. The average molecular weight is 277 g/mol. The van der Waals surface area contributed by atoms with Gasteiger partial charge in [0.25, 0.3) is 0 Å². The van der Waals surface area contributed by atoms with Crippen molar-refractivity contribution >= 4 is 12.0 Å². The van der Waals surface area contributed by atoms with E-state index in [0.29, 0.717) is 11.5 Å². The molecule has 4 nitrogen and oxygen atoms in total. The highest BCUT2D eigenvalue weighted by molar-refractivity contribution is 5.91. The maximum atomic E-state index is 13.0. The van der Waals surface area contributed by atoms with Crippen molar-refractivity contribution in [3.63, 3.8) is 0 Å². The minimum absolute atomic E-state index is 0.0185. The molecule has 0 saturated carbocycles. The molecular formula is C15H20FN3O. The number of nitrogens with one attached hydrogen (secondary N) is 1. The number of amides is 1. The van der Waals surface area contributed by atoms with Gasteiger partial charge < -0.3 is 10.2 Å². The van der Waals surface area contributed by atoms with E-state index in [9.17, 15) is 9.18 Å². The molecule has 0 aliphatic carbocycles. The fraction of sp³-hybridized carbons (Fsp3) is 0.467. The number of halogens is 1. The van der Waals surface area contributed by atoms with Crippen LogP contribution in [-0.4, -0.2) is 42.5 Å². The van der Waals surface area contributed by atoms with E-state index < -0.39 is 5.82 Å². The molecule has 1 fully saturated rings. The molecule has 108 valence electrons. The predicted molar refractivity (Wildman–Crippen MR) is 76.5 cm³/mol. The zero-order chi connectivity index (χ0) is 14.4. The summed E-state index contributed by atoms with van der Waals surface area (Å²) in [7, 11) is 1.93. The van der Waals surface area contributed by atoms with E-state index in [0.717, 1.165) is 38.7 Å². The van der Waals surface area contributed by atoms with Crippen LogP contribution in [0.1, 0.15) is 18.4 Å². The standard InChI is InChI=1S/C15H20FN3O/c1-17-8-13-3-2-6-19(11-13)15(20)5-4-12-7-14(16)10-18-9-12/h4-5,7,9-10,13,17H,2-3,6,8,11H2,1H3. The summed E-state index contributed by atoms with van der Waals surface area (Å²) in [4.78, 5) is 17.7. The van der Waals surface area contributed by atoms with Gasteiger partial charge in [-0.1, -0.05) is 0 Å². The van der Waals surface area contributed by atoms with Gasteiger partial charge in [-0.15, -0.1) is 0 Å². The summed E-state index contributed by atoms with van der Waals surface area (Å²) < 4.78 is 13.0. The normalized spacial score (nSPS) is 19.5. The number of carbonyl (C=O) groups is 1. The van der Waals surface area contributed by atoms with Crippen molar-refractivity contribution in [1.82, 2.24) is 15.2 Å². The Balaban J connectivity index is 1.94. The summed E-state index contributed by atoms with van der Waals surface area (Å²) in [6.45, 7) is 2.51. The number of carbonyl (C=O) groups excluding carboxylic acids is 1. The summed E-state index contributed by atoms with van der Waals surface area (Å²) in [5.41, 5.74) is 0.599. The van der Waals surface area contributed by atoms with E-state index in [1.54, 1.807) is 6.08 Å². The second kappa shape index (κ2) is 7.14. The number of rotatable bonds is 4. The topological polar surface area (TPSA) is 45.2 Å². The minimum atomic E-state index is -0.397. The third kappa shape index (κ3) is 4.13. The summed E-state index contributed by atoms with van der Waals surface area (Å²) >= 11 is 0. The van der Waals surface area contributed by atoms with E-state index in [1.165, 1.54) is 18.3 Å². The molecule has 1 aliphatic heterocycles. The van der Waals surface area contributed by atoms with E-state index in [2.05, 4.69) is 10.3 Å². The number of nitrogens with zero attached hydrogens (tertiary/aromatic N) is 2. The van der Waals surface area contributed by atoms with E-state index in [4.69, 9.17) is 0 Å². The van der Waals surface area contributed by atoms with Crippen LogP contribution in [0.15, 0.2) is 24.5 Å². The van der Waals surface area contributed by atoms with Crippen molar-refractivity contribution < 1.29 is 9.18 Å². The van der Waals surface area contributed by atoms with Crippen LogP contribution in [0, 0.1) is 11.7 Å². The summed E-state index contributed by atoms with van der Waals surface area (Å²) in [5, 5.41) is 3.16. The Hall–Kier alpha value is -1.75. The number of hydrogen-bond acceptors (Lipinski definition) is 3. The first kappa shape index (κ1) is 14.7. The Kier molecular flexibility index (Phi) is 5.24. The summed E-state index contributed by atoms with van der Waals surface area (Å²) in [6, 6.07) is 1.36. The van der Waals surface area contributed by atoms with E-state index >= 15 is 0 Å². The molecule has 1 unspecified atom stereocenters. The molecule has 0 bridgehead atoms. The molecule has 2 heterocycles. The van der Waals surface area contributed by atoms with Gasteiger partial charge in [-0.25, -0.2) is 4.39 Å². The smallest absolute Gasteiger partial charge is 0.246 e. The van der Waals surface area contributed by atoms with Crippen molar-refractivity contribution in [3.05, 3.63) is 35.9 Å². The van der Waals surface area contributed by atoms with Crippen LogP contribution < -0.4 is 5.32 Å². The van der Waals surface area contributed by atoms with Gasteiger partial charge in [0.2, 0.25) is 5.91 Å². The largest absolute Gasteiger partial charge is 0.339 e. The lowest BCUT2D eigenvalue weighted by molar-refractivity contribution is -0.127. The second-order valence-electron chi connectivity index (χ2n) is 5.12. The molecule has 1 aliphatic rings. The molecule has 5 heteroatoms. The van der Waals surface area contributed by atoms with Gasteiger partial charge in [0.15, 0.2) is 0 Å². The average Bonchev–Trinajstić information content (AvgIpc) is 2.45. The van der Waals surface area contributed by atoms with Crippen molar-refractivity contribution in [2.75, 3.05) is 26.7 Å². The SMILES string of the molecule is CNCC1CCCN(C(=O)C=Cc2cncc(F)c2)C1. The van der Waals surface area contributed by atoms with Crippen LogP contribution in [0.3, 0.4) is 0 Å². The first-order chi connectivity index (χ1) is 9.69. The van der Waals surface area contributed by atoms with Gasteiger partial charge in [-0.3, -0.25) is 9.78 Å². The Morgan fingerprint density at radius 3 is 3.20 bits per heavy atom. The summed E-state index contributed by atoms with van der Waals surface area (Å²) in [5.74, 6) is 0.101. The number of pyridine rings is 1. The third-order valence-corrected chi connectivity index (χ3v) is 3.47. The maximum absolute atomic E-state index is 13.0. The predicted octanol–water partition coefficient (Wildman–Crippen LogP) is 1.69. The van der Waals surface area contributed by atoms with Crippen LogP contribution in [0.5, 0.6) is 0 Å². The Labute approximate surface area is 118 Å². The van der Waals surface area contributed by atoms with Crippen LogP contribution in [0.25, 0.3) is 6.08 Å². The fourth-order valence-electron chi connectivity index (χ4n) is 2.51. The van der Waals surface area contributed by atoms with E-state index in [1.807, 2.05) is 11.9 Å². The van der Waals surface area contributed by atoms with Crippen molar-refractivity contribution in [3.8, 4) is 0 Å². The number of hydrogen-bond donors (Lipinski definition) is 1. The molecule has 20 heavy (non-hydrogen) atoms. The molecular weight excluding hydrogens is 257 g/mol. The highest BCUT2D eigenvalue weighted by Crippen LogP contribution is 2.16. The Bertz CT molecular complexity index is 488. The molecule has 0 aromatic carbocycles. The zero-order valence-electron chi connectivity index (χ0n) is 11.7. The lowest BCUT2D eigenvalue weighted by atomic mass is 9.98. The van der Waals surface area contributed by atoms with Crippen LogP contribution in [0.2, 0.25) is 0 Å². The van der Waals surface area contributed by atoms with Gasteiger partial charge in [0.1, 0.15) is 5.82 Å². The van der Waals surface area contributed by atoms with E-state index in [-0.39, 0.29) is 5.91 Å². The van der Waals surface area contributed by atoms with Crippen LogP contribution >= 0.6 is 0 Å². The highest BCUT2D eigenvalue weighted by atomic mass is 19.1. The quantitative estimate of drug-likeness (QED) is 0.852. The van der Waals surface area contributed by atoms with Gasteiger partial charge in [0.05, 0.1) is 6.20 Å². The first-order valence-corrected chi connectivity index (χ1v) is 6.91. The molecule has 1 saturated heterocycles. The lowest BCUT2D eigenvalue weighted by Gasteiger charge is -2.32. The molecule has 1 aromatic heterocycles. The molecule has 0 spiro atoms. The number of aromatic nitrogens is 1. The van der Waals surface area contributed by atoms with Crippen molar-refractivity contribution in [2.24, 2.45) is 5.92 Å². The molecule has 1 atom stereocenters. The van der Waals surface area contributed by atoms with Gasteiger partial charge >= 0.3 is 0 Å². The molecule has 1 amide bonds. The Morgan fingerprint density at radius 2 is 2.45 bits per heavy atom. The highest BCUT2D eigenvalue weighted by Gasteiger charge is 2.21. The first-order valence-electron chi connectivity index (χ1n) is 6.91. The molecule has 0 radical (unpaired) electrons. The Morgan fingerprint density at radius 1 is 1.60 bits per heavy atom. The minimum Gasteiger partial charge on any atom is -0.339 e. The van der Waals surface area contributed by atoms with Crippen molar-refractivity contribution in [1.29, 1.82) is 0 Å². The number of piperidine rings is 1. The van der Waals surface area contributed by atoms with Crippen LogP contribution in [0.4, 0.5) is 4.39 Å². The molecule has 2 rings (SSSR count). The van der Waals surface area contributed by atoms with Crippen LogP contribution in [-0.2, 0) is 4.79 Å². The molecule has 1 aromatic rings. The van der Waals surface area contributed by atoms with Gasteiger partial charge in [-0.05, 0) is 50.1 Å². The zero-order valence-corrected chi connectivity index (χ0v) is 11.7. The molecule has 1 N–H and O–H groups in total. The van der Waals surface area contributed by atoms with Gasteiger partial charge in [-0.2, -0.15) is 0 Å². The number of likely N-dealkylation sites (tertiary alicyclic amines) is 1. The maximum Gasteiger partial charge on any atom is 0.246 e. The van der Waals surface area contributed by atoms with Gasteiger partial charge in [0, 0.05) is 25.4 Å².